The Bertz CT molecular complexity index is 230. The molecule has 0 aliphatic heterocycles. The van der Waals surface area contributed by atoms with Crippen molar-refractivity contribution >= 4 is 5.91 Å². The Balaban J connectivity index is 3.54. The topological polar surface area (TPSA) is 50.4 Å². The molecule has 86 valence electrons. The van der Waals surface area contributed by atoms with E-state index in [4.69, 9.17) is 4.74 Å². The number of amides is 1. The number of ether oxygens (including phenoxy) is 1. The number of carbonyl (C=O) groups is 1. The van der Waals surface area contributed by atoms with Crippen LogP contribution in [0.5, 0.6) is 0 Å². The van der Waals surface area contributed by atoms with Crippen LogP contribution >= 0.6 is 0 Å². The molecule has 4 nitrogen and oxygen atoms in total. The number of rotatable bonds is 7. The quantitative estimate of drug-likeness (QED) is 0.466. The SMILES string of the molecule is CC#CCNC(C)C(=O)NCCCOC. The van der Waals surface area contributed by atoms with Crippen molar-refractivity contribution in [3.05, 3.63) is 0 Å². The summed E-state index contributed by atoms with van der Waals surface area (Å²) in [6.07, 6.45) is 0.837. The maximum absolute atomic E-state index is 11.4. The third-order valence-electron chi connectivity index (χ3n) is 1.89. The average molecular weight is 212 g/mol. The largest absolute Gasteiger partial charge is 0.385 e. The monoisotopic (exact) mass is 212 g/mol. The average Bonchev–Trinajstić information content (AvgIpc) is 2.24. The zero-order valence-corrected chi connectivity index (χ0v) is 9.72. The van der Waals surface area contributed by atoms with Gasteiger partial charge in [-0.15, -0.1) is 5.92 Å². The number of carbonyl (C=O) groups excluding carboxylic acids is 1. The standard InChI is InChI=1S/C11H20N2O2/c1-4-5-7-12-10(2)11(14)13-8-6-9-15-3/h10,12H,6-9H2,1-3H3,(H,13,14). The molecule has 0 aromatic heterocycles. The van der Waals surface area contributed by atoms with Crippen LogP contribution in [-0.4, -0.2) is 38.8 Å². The van der Waals surface area contributed by atoms with Crippen LogP contribution < -0.4 is 10.6 Å². The summed E-state index contributed by atoms with van der Waals surface area (Å²) in [7, 11) is 1.65. The van der Waals surface area contributed by atoms with Gasteiger partial charge in [0.1, 0.15) is 0 Å². The molecule has 1 unspecified atom stereocenters. The molecule has 4 heteroatoms. The molecule has 0 aliphatic rings. The Labute approximate surface area is 91.8 Å². The maximum atomic E-state index is 11.4. The minimum Gasteiger partial charge on any atom is -0.385 e. The molecular weight excluding hydrogens is 192 g/mol. The Morgan fingerprint density at radius 3 is 2.87 bits per heavy atom. The van der Waals surface area contributed by atoms with Gasteiger partial charge in [0.15, 0.2) is 0 Å². The van der Waals surface area contributed by atoms with Gasteiger partial charge in [-0.05, 0) is 20.3 Å². The summed E-state index contributed by atoms with van der Waals surface area (Å²) in [5.74, 6) is 5.61. The highest BCUT2D eigenvalue weighted by molar-refractivity contribution is 5.81. The summed E-state index contributed by atoms with van der Waals surface area (Å²) < 4.78 is 4.88. The Morgan fingerprint density at radius 1 is 1.53 bits per heavy atom. The summed E-state index contributed by atoms with van der Waals surface area (Å²) >= 11 is 0. The second kappa shape index (κ2) is 9.50. The van der Waals surface area contributed by atoms with Crippen molar-refractivity contribution in [3.8, 4) is 11.8 Å². The van der Waals surface area contributed by atoms with Gasteiger partial charge in [-0.25, -0.2) is 0 Å². The highest BCUT2D eigenvalue weighted by Gasteiger charge is 2.09. The van der Waals surface area contributed by atoms with Crippen LogP contribution in [0.3, 0.4) is 0 Å². The lowest BCUT2D eigenvalue weighted by molar-refractivity contribution is -0.122. The summed E-state index contributed by atoms with van der Waals surface area (Å²) in [4.78, 5) is 11.4. The molecule has 1 atom stereocenters. The highest BCUT2D eigenvalue weighted by atomic mass is 16.5. The maximum Gasteiger partial charge on any atom is 0.236 e. The first-order valence-electron chi connectivity index (χ1n) is 5.12. The van der Waals surface area contributed by atoms with Crippen molar-refractivity contribution < 1.29 is 9.53 Å². The molecule has 0 rings (SSSR count). The molecule has 0 radical (unpaired) electrons. The van der Waals surface area contributed by atoms with E-state index in [0.29, 0.717) is 19.7 Å². The molecule has 0 saturated carbocycles. The van der Waals surface area contributed by atoms with Gasteiger partial charge in [0.2, 0.25) is 5.91 Å². The van der Waals surface area contributed by atoms with E-state index in [1.807, 2.05) is 6.92 Å². The molecule has 0 fully saturated rings. The van der Waals surface area contributed by atoms with Crippen LogP contribution in [0.2, 0.25) is 0 Å². The fourth-order valence-electron chi connectivity index (χ4n) is 0.966. The predicted molar refractivity (Wildman–Crippen MR) is 60.4 cm³/mol. The van der Waals surface area contributed by atoms with Gasteiger partial charge in [0, 0.05) is 20.3 Å². The third kappa shape index (κ3) is 7.98. The van der Waals surface area contributed by atoms with Crippen LogP contribution in [-0.2, 0) is 9.53 Å². The van der Waals surface area contributed by atoms with Crippen molar-refractivity contribution in [2.75, 3.05) is 26.8 Å². The van der Waals surface area contributed by atoms with Crippen LogP contribution in [0.1, 0.15) is 20.3 Å². The van der Waals surface area contributed by atoms with Gasteiger partial charge in [-0.2, -0.15) is 0 Å². The molecule has 0 heterocycles. The highest BCUT2D eigenvalue weighted by Crippen LogP contribution is 1.83. The van der Waals surface area contributed by atoms with Gasteiger partial charge in [-0.3, -0.25) is 10.1 Å². The van der Waals surface area contributed by atoms with E-state index in [-0.39, 0.29) is 11.9 Å². The van der Waals surface area contributed by atoms with Crippen molar-refractivity contribution in [1.29, 1.82) is 0 Å². The van der Waals surface area contributed by atoms with Gasteiger partial charge < -0.3 is 10.1 Å². The van der Waals surface area contributed by atoms with Crippen LogP contribution in [0.4, 0.5) is 0 Å². The molecule has 1 amide bonds. The normalized spacial score (nSPS) is 11.4. The van der Waals surface area contributed by atoms with Crippen LogP contribution in [0.25, 0.3) is 0 Å². The lowest BCUT2D eigenvalue weighted by Gasteiger charge is -2.11. The zero-order valence-electron chi connectivity index (χ0n) is 9.72. The molecule has 0 bridgehead atoms. The first-order valence-corrected chi connectivity index (χ1v) is 5.12. The minimum absolute atomic E-state index is 0.00371. The number of hydrogen-bond donors (Lipinski definition) is 2. The first-order chi connectivity index (χ1) is 7.22. The fourth-order valence-corrected chi connectivity index (χ4v) is 0.966. The second-order valence-electron chi connectivity index (χ2n) is 3.17. The van der Waals surface area contributed by atoms with Crippen molar-refractivity contribution in [2.24, 2.45) is 0 Å². The first kappa shape index (κ1) is 13.9. The van der Waals surface area contributed by atoms with Crippen LogP contribution in [0.15, 0.2) is 0 Å². The smallest absolute Gasteiger partial charge is 0.236 e. The Kier molecular flexibility index (Phi) is 8.84. The van der Waals surface area contributed by atoms with Gasteiger partial charge in [-0.1, -0.05) is 5.92 Å². The summed E-state index contributed by atoms with van der Waals surface area (Å²) in [6, 6.07) is -0.201. The lowest BCUT2D eigenvalue weighted by atomic mass is 10.3. The summed E-state index contributed by atoms with van der Waals surface area (Å²) in [5.41, 5.74) is 0. The number of hydrogen-bond acceptors (Lipinski definition) is 3. The zero-order chi connectivity index (χ0) is 11.5. The summed E-state index contributed by atoms with van der Waals surface area (Å²) in [5, 5.41) is 5.82. The molecule has 15 heavy (non-hydrogen) atoms. The minimum atomic E-state index is -0.201. The Morgan fingerprint density at radius 2 is 2.27 bits per heavy atom. The van der Waals surface area contributed by atoms with E-state index in [0.717, 1.165) is 6.42 Å². The molecule has 2 N–H and O–H groups in total. The van der Waals surface area contributed by atoms with Gasteiger partial charge in [0.05, 0.1) is 12.6 Å². The lowest BCUT2D eigenvalue weighted by Crippen LogP contribution is -2.42. The molecular formula is C11H20N2O2. The van der Waals surface area contributed by atoms with Crippen molar-refractivity contribution in [1.82, 2.24) is 10.6 Å². The van der Waals surface area contributed by atoms with E-state index in [2.05, 4.69) is 22.5 Å². The second-order valence-corrected chi connectivity index (χ2v) is 3.17. The van der Waals surface area contributed by atoms with Crippen molar-refractivity contribution in [2.45, 2.75) is 26.3 Å². The number of nitrogens with one attached hydrogen (secondary N) is 2. The molecule has 0 saturated heterocycles. The van der Waals surface area contributed by atoms with E-state index < -0.39 is 0 Å². The van der Waals surface area contributed by atoms with Gasteiger partial charge in [0.25, 0.3) is 0 Å². The van der Waals surface area contributed by atoms with Gasteiger partial charge >= 0.3 is 0 Å². The van der Waals surface area contributed by atoms with E-state index in [9.17, 15) is 4.79 Å². The number of methoxy groups -OCH3 is 1. The molecule has 0 aliphatic carbocycles. The molecule has 0 aromatic carbocycles. The van der Waals surface area contributed by atoms with Crippen LogP contribution in [0, 0.1) is 11.8 Å². The van der Waals surface area contributed by atoms with E-state index >= 15 is 0 Å². The van der Waals surface area contributed by atoms with Crippen molar-refractivity contribution in [3.63, 3.8) is 0 Å². The molecule has 0 aromatic rings. The third-order valence-corrected chi connectivity index (χ3v) is 1.89. The summed E-state index contributed by atoms with van der Waals surface area (Å²) in [6.45, 7) is 5.46. The van der Waals surface area contributed by atoms with E-state index in [1.165, 1.54) is 0 Å². The van der Waals surface area contributed by atoms with E-state index in [1.54, 1.807) is 14.0 Å². The predicted octanol–water partition coefficient (Wildman–Crippen LogP) is 0.141. The molecule has 0 spiro atoms. The Hall–Kier alpha value is -1.05. The fraction of sp³-hybridized carbons (Fsp3) is 0.727.